The molecule has 0 amide bonds. The van der Waals surface area contributed by atoms with Crippen LogP contribution >= 0.6 is 0 Å². The van der Waals surface area contributed by atoms with Crippen molar-refractivity contribution in [3.63, 3.8) is 0 Å². The predicted molar refractivity (Wildman–Crippen MR) is 76.7 cm³/mol. The molecular formula is C18H20O. The first-order valence-electron chi connectivity index (χ1n) is 7.68. The first-order valence-corrected chi connectivity index (χ1v) is 7.68. The second-order valence-electron chi connectivity index (χ2n) is 6.36. The highest BCUT2D eigenvalue weighted by Gasteiger charge is 2.42. The summed E-state index contributed by atoms with van der Waals surface area (Å²) in [4.78, 5) is 12.4. The lowest BCUT2D eigenvalue weighted by atomic mass is 9.60. The van der Waals surface area contributed by atoms with Crippen LogP contribution in [-0.4, -0.2) is 5.78 Å². The fourth-order valence-corrected chi connectivity index (χ4v) is 4.57. The first kappa shape index (κ1) is 11.5. The molecule has 4 rings (SSSR count). The van der Waals surface area contributed by atoms with E-state index in [2.05, 4.69) is 24.3 Å². The van der Waals surface area contributed by atoms with Crippen LogP contribution in [0.2, 0.25) is 0 Å². The van der Waals surface area contributed by atoms with Crippen LogP contribution in [0, 0.1) is 17.8 Å². The molecule has 0 spiro atoms. The van der Waals surface area contributed by atoms with Crippen molar-refractivity contribution < 1.29 is 4.79 Å². The molecule has 1 saturated carbocycles. The lowest BCUT2D eigenvalue weighted by Crippen LogP contribution is -2.37. The molecule has 19 heavy (non-hydrogen) atoms. The summed E-state index contributed by atoms with van der Waals surface area (Å²) in [6, 6.07) is 8.67. The average Bonchev–Trinajstić information content (AvgIpc) is 2.47. The van der Waals surface area contributed by atoms with Crippen molar-refractivity contribution >= 4 is 11.4 Å². The van der Waals surface area contributed by atoms with Crippen LogP contribution in [0.4, 0.5) is 0 Å². The van der Waals surface area contributed by atoms with Crippen molar-refractivity contribution in [3.8, 4) is 0 Å². The van der Waals surface area contributed by atoms with E-state index in [9.17, 15) is 4.79 Å². The van der Waals surface area contributed by atoms with Gasteiger partial charge in [-0.05, 0) is 60.3 Å². The Kier molecular flexibility index (Phi) is 2.61. The van der Waals surface area contributed by atoms with Gasteiger partial charge in [-0.2, -0.15) is 0 Å². The number of ketones is 1. The molecule has 98 valence electrons. The molecule has 0 heterocycles. The maximum absolute atomic E-state index is 12.4. The van der Waals surface area contributed by atoms with Gasteiger partial charge < -0.3 is 0 Å². The lowest BCUT2D eigenvalue weighted by molar-refractivity contribution is -0.122. The standard InChI is InChI=1S/C18H20O/c19-18-11-17-13-6-2-1-5-12(13)9-10-15(17)14-7-3-4-8-16(14)18/h1-2,5-6,11,14-16H,3-4,7-10H2. The second-order valence-corrected chi connectivity index (χ2v) is 6.36. The van der Waals surface area contributed by atoms with Crippen LogP contribution in [0.3, 0.4) is 0 Å². The molecule has 0 radical (unpaired) electrons. The summed E-state index contributed by atoms with van der Waals surface area (Å²) < 4.78 is 0. The van der Waals surface area contributed by atoms with E-state index in [4.69, 9.17) is 0 Å². The number of fused-ring (bicyclic) bond motifs is 5. The molecule has 1 aromatic rings. The minimum Gasteiger partial charge on any atom is -0.295 e. The van der Waals surface area contributed by atoms with E-state index in [1.165, 1.54) is 48.8 Å². The van der Waals surface area contributed by atoms with Crippen LogP contribution in [0.1, 0.15) is 43.2 Å². The van der Waals surface area contributed by atoms with Gasteiger partial charge in [0.25, 0.3) is 0 Å². The number of carbonyl (C=O) groups is 1. The third-order valence-corrected chi connectivity index (χ3v) is 5.45. The van der Waals surface area contributed by atoms with Crippen LogP contribution in [-0.2, 0) is 11.2 Å². The molecular weight excluding hydrogens is 232 g/mol. The Bertz CT molecular complexity index is 555. The van der Waals surface area contributed by atoms with Crippen molar-refractivity contribution in [3.05, 3.63) is 41.5 Å². The molecule has 0 aliphatic heterocycles. The van der Waals surface area contributed by atoms with Gasteiger partial charge in [0.15, 0.2) is 5.78 Å². The topological polar surface area (TPSA) is 17.1 Å². The Morgan fingerprint density at radius 2 is 1.79 bits per heavy atom. The van der Waals surface area contributed by atoms with E-state index < -0.39 is 0 Å². The monoisotopic (exact) mass is 252 g/mol. The summed E-state index contributed by atoms with van der Waals surface area (Å²) in [5.74, 6) is 2.04. The minimum absolute atomic E-state index is 0.341. The molecule has 3 unspecified atom stereocenters. The quantitative estimate of drug-likeness (QED) is 0.681. The highest BCUT2D eigenvalue weighted by atomic mass is 16.1. The Morgan fingerprint density at radius 3 is 2.74 bits per heavy atom. The lowest BCUT2D eigenvalue weighted by Gasteiger charge is -2.43. The van der Waals surface area contributed by atoms with Gasteiger partial charge >= 0.3 is 0 Å². The van der Waals surface area contributed by atoms with Gasteiger partial charge in [0.05, 0.1) is 0 Å². The van der Waals surface area contributed by atoms with E-state index in [1.54, 1.807) is 0 Å². The zero-order valence-corrected chi connectivity index (χ0v) is 11.3. The zero-order chi connectivity index (χ0) is 12.8. The maximum Gasteiger partial charge on any atom is 0.159 e. The normalized spacial score (nSPS) is 32.9. The van der Waals surface area contributed by atoms with Crippen LogP contribution in [0.15, 0.2) is 30.3 Å². The third-order valence-electron chi connectivity index (χ3n) is 5.45. The summed E-state index contributed by atoms with van der Waals surface area (Å²) in [7, 11) is 0. The Hall–Kier alpha value is -1.37. The summed E-state index contributed by atoms with van der Waals surface area (Å²) in [5.41, 5.74) is 4.15. The summed E-state index contributed by atoms with van der Waals surface area (Å²) in [6.45, 7) is 0. The number of hydrogen-bond acceptors (Lipinski definition) is 1. The van der Waals surface area contributed by atoms with Crippen molar-refractivity contribution in [1.82, 2.24) is 0 Å². The fraction of sp³-hybridized carbons (Fsp3) is 0.500. The zero-order valence-electron chi connectivity index (χ0n) is 11.3. The predicted octanol–water partition coefficient (Wildman–Crippen LogP) is 4.02. The van der Waals surface area contributed by atoms with Crippen molar-refractivity contribution in [2.75, 3.05) is 0 Å². The summed E-state index contributed by atoms with van der Waals surface area (Å²) >= 11 is 0. The van der Waals surface area contributed by atoms with Crippen LogP contribution in [0.25, 0.3) is 5.57 Å². The van der Waals surface area contributed by atoms with Crippen molar-refractivity contribution in [2.24, 2.45) is 17.8 Å². The molecule has 1 nitrogen and oxygen atoms in total. The number of rotatable bonds is 0. The Morgan fingerprint density at radius 1 is 0.947 bits per heavy atom. The van der Waals surface area contributed by atoms with Crippen LogP contribution in [0.5, 0.6) is 0 Å². The van der Waals surface area contributed by atoms with E-state index in [0.717, 1.165) is 6.42 Å². The number of benzene rings is 1. The number of hydrogen-bond donors (Lipinski definition) is 0. The Labute approximate surface area is 114 Å². The van der Waals surface area contributed by atoms with E-state index in [-0.39, 0.29) is 0 Å². The number of allylic oxidation sites excluding steroid dienone is 2. The van der Waals surface area contributed by atoms with Gasteiger partial charge in [-0.3, -0.25) is 4.79 Å². The van der Waals surface area contributed by atoms with Gasteiger partial charge in [0.1, 0.15) is 0 Å². The molecule has 0 saturated heterocycles. The average molecular weight is 252 g/mol. The molecule has 3 aliphatic carbocycles. The minimum atomic E-state index is 0.341. The second kappa shape index (κ2) is 4.33. The molecule has 3 aliphatic rings. The van der Waals surface area contributed by atoms with Crippen LogP contribution < -0.4 is 0 Å². The molecule has 0 N–H and O–H groups in total. The molecule has 0 aromatic heterocycles. The van der Waals surface area contributed by atoms with Crippen molar-refractivity contribution in [1.29, 1.82) is 0 Å². The van der Waals surface area contributed by atoms with Crippen molar-refractivity contribution in [2.45, 2.75) is 38.5 Å². The Balaban J connectivity index is 1.82. The van der Waals surface area contributed by atoms with Gasteiger partial charge in [-0.15, -0.1) is 0 Å². The molecule has 1 fully saturated rings. The van der Waals surface area contributed by atoms with Gasteiger partial charge in [0.2, 0.25) is 0 Å². The molecule has 0 bridgehead atoms. The van der Waals surface area contributed by atoms with Gasteiger partial charge in [0, 0.05) is 5.92 Å². The largest absolute Gasteiger partial charge is 0.295 e. The maximum atomic E-state index is 12.4. The van der Waals surface area contributed by atoms with E-state index in [0.29, 0.717) is 23.5 Å². The van der Waals surface area contributed by atoms with E-state index >= 15 is 0 Å². The molecule has 1 aromatic carbocycles. The molecule has 3 atom stereocenters. The van der Waals surface area contributed by atoms with E-state index in [1.807, 2.05) is 6.08 Å². The molecule has 1 heteroatoms. The first-order chi connectivity index (χ1) is 9.34. The fourth-order valence-electron chi connectivity index (χ4n) is 4.57. The number of aryl methyl sites for hydroxylation is 1. The highest BCUT2D eigenvalue weighted by Crippen LogP contribution is 2.49. The SMILES string of the molecule is O=C1C=C2c3ccccc3CCC2C2CCCCC12. The summed E-state index contributed by atoms with van der Waals surface area (Å²) in [5, 5.41) is 0. The third kappa shape index (κ3) is 1.71. The summed E-state index contributed by atoms with van der Waals surface area (Å²) in [6.07, 6.45) is 9.40. The van der Waals surface area contributed by atoms with Gasteiger partial charge in [-0.25, -0.2) is 0 Å². The highest BCUT2D eigenvalue weighted by molar-refractivity contribution is 6.01. The van der Waals surface area contributed by atoms with Gasteiger partial charge in [-0.1, -0.05) is 37.1 Å². The smallest absolute Gasteiger partial charge is 0.159 e. The number of carbonyl (C=O) groups excluding carboxylic acids is 1.